The number of rotatable bonds is 6. The summed E-state index contributed by atoms with van der Waals surface area (Å²) < 4.78 is 11.1. The fourth-order valence-electron chi connectivity index (χ4n) is 1.93. The minimum Gasteiger partial charge on any atom is -0.352 e. The molecule has 1 heterocycles. The quantitative estimate of drug-likeness (QED) is 0.653. The molecule has 1 aliphatic rings. The highest BCUT2D eigenvalue weighted by Gasteiger charge is 2.21. The van der Waals surface area contributed by atoms with Crippen molar-refractivity contribution in [1.82, 2.24) is 0 Å². The maximum atomic E-state index is 5.57. The number of hydrogen-bond acceptors (Lipinski definition) is 2. The summed E-state index contributed by atoms with van der Waals surface area (Å²) in [7, 11) is 0. The van der Waals surface area contributed by atoms with Crippen molar-refractivity contribution in [3.05, 3.63) is 0 Å². The predicted octanol–water partition coefficient (Wildman–Crippen LogP) is 3.50. The Kier molecular flexibility index (Phi) is 6.20. The number of ether oxygens (including phenoxy) is 2. The third-order valence-electron chi connectivity index (χ3n) is 2.89. The molecule has 1 rings (SSSR count). The van der Waals surface area contributed by atoms with Crippen LogP contribution in [-0.4, -0.2) is 19.0 Å². The molecule has 0 bridgehead atoms. The zero-order valence-electron chi connectivity index (χ0n) is 9.63. The molecule has 0 amide bonds. The SMILES string of the molecule is CCCC[C@H]1C[C@H](CCCC)OCO1. The third kappa shape index (κ3) is 4.43. The van der Waals surface area contributed by atoms with Crippen LogP contribution < -0.4 is 0 Å². The molecule has 0 aromatic heterocycles. The normalized spacial score (nSPS) is 27.9. The first-order chi connectivity index (χ1) is 6.86. The van der Waals surface area contributed by atoms with E-state index in [1.807, 2.05) is 0 Å². The van der Waals surface area contributed by atoms with Gasteiger partial charge in [0.05, 0.1) is 12.2 Å². The van der Waals surface area contributed by atoms with Gasteiger partial charge in [0.15, 0.2) is 0 Å². The van der Waals surface area contributed by atoms with Gasteiger partial charge < -0.3 is 9.47 Å². The van der Waals surface area contributed by atoms with E-state index in [1.54, 1.807) is 0 Å². The van der Waals surface area contributed by atoms with Crippen molar-refractivity contribution in [3.8, 4) is 0 Å². The molecule has 0 aromatic rings. The molecule has 84 valence electrons. The molecule has 1 fully saturated rings. The van der Waals surface area contributed by atoms with Gasteiger partial charge in [-0.05, 0) is 19.3 Å². The summed E-state index contributed by atoms with van der Waals surface area (Å²) in [6.07, 6.45) is 9.55. The highest BCUT2D eigenvalue weighted by molar-refractivity contribution is 4.69. The molecule has 0 aliphatic carbocycles. The Morgan fingerprint density at radius 3 is 1.86 bits per heavy atom. The molecule has 0 radical (unpaired) electrons. The van der Waals surface area contributed by atoms with Crippen LogP contribution in [0, 0.1) is 0 Å². The molecule has 14 heavy (non-hydrogen) atoms. The fraction of sp³-hybridized carbons (Fsp3) is 1.00. The Morgan fingerprint density at radius 2 is 1.43 bits per heavy atom. The maximum Gasteiger partial charge on any atom is 0.147 e. The lowest BCUT2D eigenvalue weighted by atomic mass is 10.0. The topological polar surface area (TPSA) is 18.5 Å². The molecule has 0 unspecified atom stereocenters. The predicted molar refractivity (Wildman–Crippen MR) is 58.3 cm³/mol. The summed E-state index contributed by atoms with van der Waals surface area (Å²) in [5, 5.41) is 0. The van der Waals surface area contributed by atoms with Crippen LogP contribution in [0.4, 0.5) is 0 Å². The van der Waals surface area contributed by atoms with Gasteiger partial charge in [0.25, 0.3) is 0 Å². The minimum atomic E-state index is 0.463. The second kappa shape index (κ2) is 7.24. The highest BCUT2D eigenvalue weighted by Crippen LogP contribution is 2.21. The van der Waals surface area contributed by atoms with Crippen molar-refractivity contribution >= 4 is 0 Å². The van der Waals surface area contributed by atoms with E-state index in [0.29, 0.717) is 19.0 Å². The molecule has 0 aromatic carbocycles. The van der Waals surface area contributed by atoms with Crippen LogP contribution in [0.1, 0.15) is 58.8 Å². The zero-order valence-corrected chi connectivity index (χ0v) is 9.63. The van der Waals surface area contributed by atoms with E-state index >= 15 is 0 Å². The summed E-state index contributed by atoms with van der Waals surface area (Å²) in [5.41, 5.74) is 0. The van der Waals surface area contributed by atoms with E-state index in [-0.39, 0.29) is 0 Å². The Labute approximate surface area is 88.0 Å². The standard InChI is InChI=1S/C12H24O2/c1-3-5-7-11-9-12(8-6-4-2)14-10-13-11/h11-12H,3-10H2,1-2H3/t11-,12-/m0/s1. The Balaban J connectivity index is 2.14. The van der Waals surface area contributed by atoms with Gasteiger partial charge in [-0.3, -0.25) is 0 Å². The van der Waals surface area contributed by atoms with Crippen molar-refractivity contribution in [1.29, 1.82) is 0 Å². The maximum absolute atomic E-state index is 5.57. The molecule has 0 N–H and O–H groups in total. The average molecular weight is 200 g/mol. The first kappa shape index (κ1) is 12.0. The van der Waals surface area contributed by atoms with Crippen LogP contribution >= 0.6 is 0 Å². The number of hydrogen-bond donors (Lipinski definition) is 0. The first-order valence-electron chi connectivity index (χ1n) is 6.10. The Hall–Kier alpha value is -0.0800. The molecule has 0 saturated carbocycles. The molecular weight excluding hydrogens is 176 g/mol. The van der Waals surface area contributed by atoms with E-state index < -0.39 is 0 Å². The molecular formula is C12H24O2. The first-order valence-corrected chi connectivity index (χ1v) is 6.10. The van der Waals surface area contributed by atoms with Gasteiger partial charge in [-0.1, -0.05) is 39.5 Å². The largest absolute Gasteiger partial charge is 0.352 e. The fourth-order valence-corrected chi connectivity index (χ4v) is 1.93. The lowest BCUT2D eigenvalue weighted by molar-refractivity contribution is -0.178. The molecule has 2 heteroatoms. The van der Waals surface area contributed by atoms with Gasteiger partial charge in [0.1, 0.15) is 6.79 Å². The van der Waals surface area contributed by atoms with Crippen molar-refractivity contribution < 1.29 is 9.47 Å². The van der Waals surface area contributed by atoms with Crippen LogP contribution in [-0.2, 0) is 9.47 Å². The van der Waals surface area contributed by atoms with E-state index in [0.717, 1.165) is 6.42 Å². The van der Waals surface area contributed by atoms with Crippen LogP contribution in [0.25, 0.3) is 0 Å². The van der Waals surface area contributed by atoms with Crippen LogP contribution in [0.15, 0.2) is 0 Å². The zero-order chi connectivity index (χ0) is 10.2. The van der Waals surface area contributed by atoms with Crippen molar-refractivity contribution in [2.75, 3.05) is 6.79 Å². The van der Waals surface area contributed by atoms with E-state index in [1.165, 1.54) is 38.5 Å². The van der Waals surface area contributed by atoms with Gasteiger partial charge in [0.2, 0.25) is 0 Å². The second-order valence-electron chi connectivity index (χ2n) is 4.22. The summed E-state index contributed by atoms with van der Waals surface area (Å²) >= 11 is 0. The Morgan fingerprint density at radius 1 is 0.929 bits per heavy atom. The van der Waals surface area contributed by atoms with Gasteiger partial charge in [0, 0.05) is 0 Å². The highest BCUT2D eigenvalue weighted by atomic mass is 16.7. The van der Waals surface area contributed by atoms with Crippen molar-refractivity contribution in [2.45, 2.75) is 71.0 Å². The molecule has 1 saturated heterocycles. The summed E-state index contributed by atoms with van der Waals surface area (Å²) in [6, 6.07) is 0. The van der Waals surface area contributed by atoms with Gasteiger partial charge >= 0.3 is 0 Å². The van der Waals surface area contributed by atoms with Crippen LogP contribution in [0.2, 0.25) is 0 Å². The van der Waals surface area contributed by atoms with Gasteiger partial charge in [-0.2, -0.15) is 0 Å². The molecule has 2 nitrogen and oxygen atoms in total. The monoisotopic (exact) mass is 200 g/mol. The smallest absolute Gasteiger partial charge is 0.147 e. The lowest BCUT2D eigenvalue weighted by Gasteiger charge is -2.29. The Bertz CT molecular complexity index is 122. The van der Waals surface area contributed by atoms with Gasteiger partial charge in [-0.25, -0.2) is 0 Å². The van der Waals surface area contributed by atoms with Crippen LogP contribution in [0.5, 0.6) is 0 Å². The molecule has 1 aliphatic heterocycles. The van der Waals surface area contributed by atoms with E-state index in [4.69, 9.17) is 9.47 Å². The van der Waals surface area contributed by atoms with E-state index in [2.05, 4.69) is 13.8 Å². The van der Waals surface area contributed by atoms with Gasteiger partial charge in [-0.15, -0.1) is 0 Å². The molecule has 2 atom stereocenters. The van der Waals surface area contributed by atoms with Crippen molar-refractivity contribution in [3.63, 3.8) is 0 Å². The van der Waals surface area contributed by atoms with E-state index in [9.17, 15) is 0 Å². The third-order valence-corrected chi connectivity index (χ3v) is 2.89. The second-order valence-corrected chi connectivity index (χ2v) is 4.22. The molecule has 0 spiro atoms. The van der Waals surface area contributed by atoms with Crippen molar-refractivity contribution in [2.24, 2.45) is 0 Å². The number of unbranched alkanes of at least 4 members (excludes halogenated alkanes) is 2. The minimum absolute atomic E-state index is 0.463. The van der Waals surface area contributed by atoms with Crippen LogP contribution in [0.3, 0.4) is 0 Å². The average Bonchev–Trinajstić information content (AvgIpc) is 2.24. The lowest BCUT2D eigenvalue weighted by Crippen LogP contribution is -2.31. The summed E-state index contributed by atoms with van der Waals surface area (Å²) in [4.78, 5) is 0. The summed E-state index contributed by atoms with van der Waals surface area (Å²) in [6.45, 7) is 4.98. The summed E-state index contributed by atoms with van der Waals surface area (Å²) in [5.74, 6) is 0.